The summed E-state index contributed by atoms with van der Waals surface area (Å²) in [7, 11) is 0. The van der Waals surface area contributed by atoms with Crippen LogP contribution in [0.3, 0.4) is 0 Å². The fourth-order valence-corrected chi connectivity index (χ4v) is 2.85. The van der Waals surface area contributed by atoms with Gasteiger partial charge in [0.2, 0.25) is 0 Å². The Bertz CT molecular complexity index is 1080. The number of rotatable bonds is 8. The molecule has 0 saturated carbocycles. The highest BCUT2D eigenvalue weighted by atomic mass is 16.6. The first-order valence-electron chi connectivity index (χ1n) is 9.49. The molecule has 1 aromatic heterocycles. The Morgan fingerprint density at radius 1 is 0.935 bits per heavy atom. The topological polar surface area (TPSA) is 140 Å². The van der Waals surface area contributed by atoms with Crippen molar-refractivity contribution in [3.8, 4) is 0 Å². The molecule has 3 rings (SSSR count). The zero-order chi connectivity index (χ0) is 22.2. The SMILES string of the molecule is Nc1ncccc1CC(=O)c1ccc(CNC(=O)NCc2ccc([N+](=O)[O-])cc2)cc1. The van der Waals surface area contributed by atoms with Crippen LogP contribution < -0.4 is 16.4 Å². The van der Waals surface area contributed by atoms with E-state index < -0.39 is 4.92 Å². The highest BCUT2D eigenvalue weighted by Crippen LogP contribution is 2.13. The Morgan fingerprint density at radius 2 is 1.52 bits per heavy atom. The normalized spacial score (nSPS) is 10.3. The van der Waals surface area contributed by atoms with E-state index >= 15 is 0 Å². The second-order valence-corrected chi connectivity index (χ2v) is 6.80. The molecule has 0 fully saturated rings. The lowest BCUT2D eigenvalue weighted by Gasteiger charge is -2.09. The maximum Gasteiger partial charge on any atom is 0.315 e. The van der Waals surface area contributed by atoms with E-state index in [1.165, 1.54) is 12.1 Å². The number of nitrogens with zero attached hydrogens (tertiary/aromatic N) is 2. The number of nitrogen functional groups attached to an aromatic ring is 1. The van der Waals surface area contributed by atoms with Gasteiger partial charge in [0.05, 0.1) is 4.92 Å². The first-order valence-corrected chi connectivity index (χ1v) is 9.49. The van der Waals surface area contributed by atoms with Crippen LogP contribution in [0.4, 0.5) is 16.3 Å². The van der Waals surface area contributed by atoms with Crippen LogP contribution >= 0.6 is 0 Å². The third-order valence-electron chi connectivity index (χ3n) is 4.61. The first-order chi connectivity index (χ1) is 14.9. The zero-order valence-corrected chi connectivity index (χ0v) is 16.6. The standard InChI is InChI=1S/C22H21N5O4/c23-21-18(2-1-11-24-21)12-20(28)17-7-3-15(4-8-17)13-25-22(29)26-14-16-5-9-19(10-6-16)27(30)31/h1-11H,12-14H2,(H2,23,24)(H2,25,26,29). The van der Waals surface area contributed by atoms with Gasteiger partial charge in [-0.05, 0) is 17.2 Å². The number of benzene rings is 2. The van der Waals surface area contributed by atoms with Crippen LogP contribution in [0, 0.1) is 10.1 Å². The molecule has 3 aromatic rings. The summed E-state index contributed by atoms with van der Waals surface area (Å²) in [6, 6.07) is 16.1. The van der Waals surface area contributed by atoms with Crippen LogP contribution in [-0.4, -0.2) is 21.7 Å². The van der Waals surface area contributed by atoms with Crippen LogP contribution in [0.5, 0.6) is 0 Å². The van der Waals surface area contributed by atoms with E-state index in [-0.39, 0.29) is 37.0 Å². The molecule has 31 heavy (non-hydrogen) atoms. The van der Waals surface area contributed by atoms with E-state index in [2.05, 4.69) is 15.6 Å². The van der Waals surface area contributed by atoms with Gasteiger partial charge in [0.15, 0.2) is 5.78 Å². The second-order valence-electron chi connectivity index (χ2n) is 6.80. The molecule has 0 spiro atoms. The lowest BCUT2D eigenvalue weighted by atomic mass is 10.0. The summed E-state index contributed by atoms with van der Waals surface area (Å²) in [6.07, 6.45) is 1.75. The van der Waals surface area contributed by atoms with Crippen molar-refractivity contribution in [1.29, 1.82) is 0 Å². The number of ketones is 1. The van der Waals surface area contributed by atoms with Crippen LogP contribution in [0.25, 0.3) is 0 Å². The van der Waals surface area contributed by atoms with Crippen molar-refractivity contribution in [2.24, 2.45) is 0 Å². The molecule has 0 atom stereocenters. The van der Waals surface area contributed by atoms with Crippen LogP contribution in [-0.2, 0) is 19.5 Å². The van der Waals surface area contributed by atoms with Gasteiger partial charge in [0, 0.05) is 49.0 Å². The van der Waals surface area contributed by atoms with Gasteiger partial charge in [-0.3, -0.25) is 14.9 Å². The van der Waals surface area contributed by atoms with Gasteiger partial charge in [-0.25, -0.2) is 9.78 Å². The summed E-state index contributed by atoms with van der Waals surface area (Å²) in [5, 5.41) is 16.1. The predicted octanol–water partition coefficient (Wildman–Crippen LogP) is 3.00. The maximum absolute atomic E-state index is 12.4. The minimum atomic E-state index is -0.475. The zero-order valence-electron chi connectivity index (χ0n) is 16.6. The van der Waals surface area contributed by atoms with Crippen molar-refractivity contribution < 1.29 is 14.5 Å². The molecule has 9 nitrogen and oxygen atoms in total. The van der Waals surface area contributed by atoms with Gasteiger partial charge in [0.1, 0.15) is 5.82 Å². The van der Waals surface area contributed by atoms with Crippen LogP contribution in [0.15, 0.2) is 66.9 Å². The number of pyridine rings is 1. The number of nitrogens with one attached hydrogen (secondary N) is 2. The maximum atomic E-state index is 12.4. The summed E-state index contributed by atoms with van der Waals surface area (Å²) in [5.41, 5.74) is 8.60. The Kier molecular flexibility index (Phi) is 6.89. The molecular formula is C22H21N5O4. The minimum Gasteiger partial charge on any atom is -0.383 e. The Hall–Kier alpha value is -4.27. The summed E-state index contributed by atoms with van der Waals surface area (Å²) < 4.78 is 0. The molecule has 4 N–H and O–H groups in total. The number of anilines is 1. The molecule has 0 unspecified atom stereocenters. The lowest BCUT2D eigenvalue weighted by Crippen LogP contribution is -2.34. The van der Waals surface area contributed by atoms with Gasteiger partial charge in [-0.2, -0.15) is 0 Å². The van der Waals surface area contributed by atoms with Gasteiger partial charge in [-0.15, -0.1) is 0 Å². The number of hydrogen-bond acceptors (Lipinski definition) is 6. The fraction of sp³-hybridized carbons (Fsp3) is 0.136. The van der Waals surface area contributed by atoms with Gasteiger partial charge >= 0.3 is 6.03 Å². The quantitative estimate of drug-likeness (QED) is 0.291. The molecule has 0 aliphatic heterocycles. The molecule has 1 heterocycles. The number of amides is 2. The molecule has 0 aliphatic carbocycles. The summed E-state index contributed by atoms with van der Waals surface area (Å²) in [6.45, 7) is 0.533. The number of urea groups is 1. The van der Waals surface area contributed by atoms with E-state index in [0.717, 1.165) is 11.1 Å². The number of aromatic nitrogens is 1. The number of nitrogens with two attached hydrogens (primary N) is 1. The van der Waals surface area contributed by atoms with E-state index in [4.69, 9.17) is 5.73 Å². The highest BCUT2D eigenvalue weighted by Gasteiger charge is 2.10. The minimum absolute atomic E-state index is 0.000895. The van der Waals surface area contributed by atoms with Crippen molar-refractivity contribution in [1.82, 2.24) is 15.6 Å². The molecule has 0 saturated heterocycles. The molecule has 2 aromatic carbocycles. The van der Waals surface area contributed by atoms with Crippen molar-refractivity contribution in [2.75, 3.05) is 5.73 Å². The predicted molar refractivity (Wildman–Crippen MR) is 115 cm³/mol. The van der Waals surface area contributed by atoms with E-state index in [1.807, 2.05) is 0 Å². The van der Waals surface area contributed by atoms with E-state index in [1.54, 1.807) is 54.7 Å². The molecule has 158 valence electrons. The highest BCUT2D eigenvalue weighted by molar-refractivity contribution is 5.98. The summed E-state index contributed by atoms with van der Waals surface area (Å²) in [4.78, 5) is 38.5. The first kappa shape index (κ1) is 21.4. The Balaban J connectivity index is 1.46. The van der Waals surface area contributed by atoms with Crippen molar-refractivity contribution >= 4 is 23.3 Å². The third-order valence-corrected chi connectivity index (χ3v) is 4.61. The summed E-state index contributed by atoms with van der Waals surface area (Å²) in [5.74, 6) is 0.274. The molecule has 0 radical (unpaired) electrons. The van der Waals surface area contributed by atoms with E-state index in [9.17, 15) is 19.7 Å². The summed E-state index contributed by atoms with van der Waals surface area (Å²) >= 11 is 0. The lowest BCUT2D eigenvalue weighted by molar-refractivity contribution is -0.384. The average molecular weight is 419 g/mol. The van der Waals surface area contributed by atoms with Crippen LogP contribution in [0.2, 0.25) is 0 Å². The number of nitro groups is 1. The number of Topliss-reactive ketones (excluding diaryl/α,β-unsaturated/α-hetero) is 1. The third kappa shape index (κ3) is 6.10. The van der Waals surface area contributed by atoms with Gasteiger partial charge < -0.3 is 16.4 Å². The Labute approximate surface area is 178 Å². The number of carbonyl (C=O) groups excluding carboxylic acids is 2. The Morgan fingerprint density at radius 3 is 2.06 bits per heavy atom. The van der Waals surface area contributed by atoms with E-state index in [0.29, 0.717) is 16.9 Å². The number of non-ortho nitro benzene ring substituents is 1. The number of nitro benzene ring substituents is 1. The number of carbonyl (C=O) groups is 2. The molecule has 2 amide bonds. The molecule has 0 bridgehead atoms. The van der Waals surface area contributed by atoms with Crippen molar-refractivity contribution in [3.63, 3.8) is 0 Å². The fourth-order valence-electron chi connectivity index (χ4n) is 2.85. The monoisotopic (exact) mass is 419 g/mol. The average Bonchev–Trinajstić information content (AvgIpc) is 2.78. The molecule has 0 aliphatic rings. The van der Waals surface area contributed by atoms with Gasteiger partial charge in [0.25, 0.3) is 5.69 Å². The smallest absolute Gasteiger partial charge is 0.315 e. The van der Waals surface area contributed by atoms with Crippen molar-refractivity contribution in [2.45, 2.75) is 19.5 Å². The molecular weight excluding hydrogens is 398 g/mol. The number of hydrogen-bond donors (Lipinski definition) is 3. The van der Waals surface area contributed by atoms with Gasteiger partial charge in [-0.1, -0.05) is 42.5 Å². The largest absolute Gasteiger partial charge is 0.383 e. The van der Waals surface area contributed by atoms with Crippen LogP contribution in [0.1, 0.15) is 27.0 Å². The second kappa shape index (κ2) is 9.97. The molecule has 9 heteroatoms. The van der Waals surface area contributed by atoms with Crippen molar-refractivity contribution in [3.05, 3.63) is 99.2 Å².